The van der Waals surface area contributed by atoms with Crippen LogP contribution in [0.25, 0.3) is 0 Å². The van der Waals surface area contributed by atoms with E-state index in [1.54, 1.807) is 0 Å². The van der Waals surface area contributed by atoms with Crippen LogP contribution in [0.4, 0.5) is 0 Å². The van der Waals surface area contributed by atoms with E-state index in [9.17, 15) is 0 Å². The van der Waals surface area contributed by atoms with Crippen molar-refractivity contribution in [3.05, 3.63) is 0 Å². The molecule has 0 rings (SSSR count). The van der Waals surface area contributed by atoms with E-state index in [1.165, 1.54) is 0 Å². The second-order valence-electron chi connectivity index (χ2n) is 0.260. The first kappa shape index (κ1) is 9.19. The molecule has 0 atom stereocenters. The second kappa shape index (κ2) is 4.69. The van der Waals surface area contributed by atoms with Crippen molar-refractivity contribution in [2.75, 3.05) is 0 Å². The van der Waals surface area contributed by atoms with Crippen molar-refractivity contribution in [1.82, 2.24) is 0 Å². The van der Waals surface area contributed by atoms with Crippen LogP contribution in [-0.4, -0.2) is 14.3 Å². The SMILES string of the molecule is [CH-]=S(=O)=O.[Na+]. The van der Waals surface area contributed by atoms with Crippen LogP contribution in [0, 0.1) is 0 Å². The monoisotopic (exact) mass is 100.0 g/mol. The van der Waals surface area contributed by atoms with Crippen LogP contribution >= 0.6 is 0 Å². The van der Waals surface area contributed by atoms with Crippen molar-refractivity contribution in [2.24, 2.45) is 0 Å². The predicted molar refractivity (Wildman–Crippen MR) is 15.0 cm³/mol. The van der Waals surface area contributed by atoms with E-state index in [-0.39, 0.29) is 29.6 Å². The van der Waals surface area contributed by atoms with E-state index in [0.29, 0.717) is 0 Å². The van der Waals surface area contributed by atoms with E-state index >= 15 is 0 Å². The summed E-state index contributed by atoms with van der Waals surface area (Å²) in [5.74, 6) is 4.03. The molecule has 0 spiro atoms. The number of rotatable bonds is 0. The van der Waals surface area contributed by atoms with Crippen molar-refractivity contribution in [1.29, 1.82) is 0 Å². The van der Waals surface area contributed by atoms with Crippen LogP contribution in [0.2, 0.25) is 0 Å². The zero-order valence-electron chi connectivity index (χ0n) is 2.80. The molecule has 0 aliphatic carbocycles. The Balaban J connectivity index is 0. The van der Waals surface area contributed by atoms with Crippen molar-refractivity contribution in [3.63, 3.8) is 0 Å². The zero-order valence-corrected chi connectivity index (χ0v) is 5.62. The average molecular weight is 100 g/mol. The normalized spacial score (nSPS) is 4.80. The van der Waals surface area contributed by atoms with Gasteiger partial charge in [0.2, 0.25) is 0 Å². The molecular formula is CHNaO2S. The van der Waals surface area contributed by atoms with Gasteiger partial charge < -0.3 is 5.87 Å². The van der Waals surface area contributed by atoms with E-state index in [0.717, 1.165) is 0 Å². The quantitative estimate of drug-likeness (QED) is 0.177. The predicted octanol–water partition coefficient (Wildman–Crippen LogP) is -3.82. The van der Waals surface area contributed by atoms with Crippen molar-refractivity contribution < 1.29 is 38.0 Å². The fraction of sp³-hybridized carbons (Fsp3) is 0. The van der Waals surface area contributed by atoms with E-state index in [4.69, 9.17) is 8.42 Å². The molecule has 4 heteroatoms. The topological polar surface area (TPSA) is 34.1 Å². The fourth-order valence-electron chi connectivity index (χ4n) is 0. The van der Waals surface area contributed by atoms with Crippen molar-refractivity contribution >= 4 is 16.2 Å². The fourth-order valence-corrected chi connectivity index (χ4v) is 0. The maximum Gasteiger partial charge on any atom is 1.00 e. The summed E-state index contributed by atoms with van der Waals surface area (Å²) in [4.78, 5) is 0. The third-order valence-electron chi connectivity index (χ3n) is 0. The third-order valence-corrected chi connectivity index (χ3v) is 0. The van der Waals surface area contributed by atoms with Gasteiger partial charge in [-0.3, -0.25) is 0 Å². The molecule has 0 aliphatic rings. The number of hydrogen-bond donors (Lipinski definition) is 0. The Labute approximate surface area is 54.0 Å². The smallest absolute Gasteiger partial charge is 0.376 e. The first-order valence-corrected chi connectivity index (χ1v) is 1.71. The molecule has 0 amide bonds. The minimum atomic E-state index is -2.36. The molecule has 0 heterocycles. The molecule has 0 fully saturated rings. The first-order chi connectivity index (χ1) is 1.73. The van der Waals surface area contributed by atoms with E-state index in [2.05, 4.69) is 5.87 Å². The minimum absolute atomic E-state index is 0. The summed E-state index contributed by atoms with van der Waals surface area (Å²) < 4.78 is 17.6. The molecule has 0 radical (unpaired) electrons. The summed E-state index contributed by atoms with van der Waals surface area (Å²) in [5.41, 5.74) is 0. The number of hydrogen-bond acceptors (Lipinski definition) is 2. The summed E-state index contributed by atoms with van der Waals surface area (Å²) >= 11 is 0. The summed E-state index contributed by atoms with van der Waals surface area (Å²) in [6, 6.07) is 0. The molecule has 0 aromatic carbocycles. The van der Waals surface area contributed by atoms with Crippen LogP contribution in [0.5, 0.6) is 0 Å². The maximum atomic E-state index is 8.78. The molecule has 5 heavy (non-hydrogen) atoms. The maximum absolute atomic E-state index is 8.78. The van der Waals surface area contributed by atoms with Gasteiger partial charge in [0.15, 0.2) is 0 Å². The molecular weight excluding hydrogens is 99.1 g/mol. The van der Waals surface area contributed by atoms with Crippen LogP contribution in [0.15, 0.2) is 0 Å². The van der Waals surface area contributed by atoms with Gasteiger partial charge in [-0.2, -0.15) is 0 Å². The molecule has 0 saturated heterocycles. The molecule has 2 nitrogen and oxygen atoms in total. The van der Waals surface area contributed by atoms with Gasteiger partial charge in [0.05, 0.1) is 0 Å². The van der Waals surface area contributed by atoms with Crippen LogP contribution in [0.3, 0.4) is 0 Å². The average Bonchev–Trinajstić information content (AvgIpc) is 0.811. The third kappa shape index (κ3) is 71.3. The van der Waals surface area contributed by atoms with Crippen LogP contribution in [0.1, 0.15) is 0 Å². The largest absolute Gasteiger partial charge is 1.00 e. The van der Waals surface area contributed by atoms with Gasteiger partial charge in [0.25, 0.3) is 0 Å². The van der Waals surface area contributed by atoms with Gasteiger partial charge in [-0.15, -0.1) is 0 Å². The zero-order chi connectivity index (χ0) is 3.58. The molecule has 0 aliphatic heterocycles. The molecule has 0 bridgehead atoms. The van der Waals surface area contributed by atoms with Crippen molar-refractivity contribution in [3.8, 4) is 0 Å². The summed E-state index contributed by atoms with van der Waals surface area (Å²) in [6.45, 7) is 0. The standard InChI is InChI=1S/CHO2S.Na/c1-4(2)3;/h1H;/q-1;+1. The molecule has 0 unspecified atom stereocenters. The molecule has 0 saturated carbocycles. The van der Waals surface area contributed by atoms with Crippen LogP contribution in [-0.2, 0) is 10.3 Å². The summed E-state index contributed by atoms with van der Waals surface area (Å²) in [6.07, 6.45) is 0. The Morgan fingerprint density at radius 2 is 1.40 bits per heavy atom. The van der Waals surface area contributed by atoms with E-state index < -0.39 is 10.3 Å². The minimum Gasteiger partial charge on any atom is -0.376 e. The van der Waals surface area contributed by atoms with Gasteiger partial charge in [-0.25, -0.2) is 8.42 Å². The summed E-state index contributed by atoms with van der Waals surface area (Å²) in [7, 11) is -2.36. The second-order valence-corrected chi connectivity index (χ2v) is 0.781. The molecule has 24 valence electrons. The Morgan fingerprint density at radius 1 is 1.40 bits per heavy atom. The van der Waals surface area contributed by atoms with Gasteiger partial charge >= 0.3 is 29.6 Å². The molecule has 0 aromatic rings. The Morgan fingerprint density at radius 3 is 1.40 bits per heavy atom. The molecule has 0 aromatic heterocycles. The van der Waals surface area contributed by atoms with Crippen molar-refractivity contribution in [2.45, 2.75) is 0 Å². The Bertz CT molecular complexity index is 79.0. The van der Waals surface area contributed by atoms with Gasteiger partial charge in [-0.1, -0.05) is 0 Å². The molecule has 0 N–H and O–H groups in total. The summed E-state index contributed by atoms with van der Waals surface area (Å²) in [5, 5.41) is 0. The van der Waals surface area contributed by atoms with Crippen LogP contribution < -0.4 is 29.6 Å². The first-order valence-electron chi connectivity index (χ1n) is 0.569. The van der Waals surface area contributed by atoms with E-state index in [1.807, 2.05) is 0 Å². The van der Waals surface area contributed by atoms with Gasteiger partial charge in [0, 0.05) is 10.3 Å². The Kier molecular flexibility index (Phi) is 8.62. The van der Waals surface area contributed by atoms with Gasteiger partial charge in [-0.05, 0) is 0 Å². The van der Waals surface area contributed by atoms with Gasteiger partial charge in [0.1, 0.15) is 0 Å². The Hall–Kier alpha value is 0.690.